The summed E-state index contributed by atoms with van der Waals surface area (Å²) in [5, 5.41) is 12.7. The van der Waals surface area contributed by atoms with Gasteiger partial charge in [0.05, 0.1) is 23.1 Å². The summed E-state index contributed by atoms with van der Waals surface area (Å²) in [7, 11) is 1.65. The largest absolute Gasteiger partial charge is 0.420 e. The number of rotatable bonds is 5. The topological polar surface area (TPSA) is 98.6 Å². The maximum Gasteiger partial charge on any atom is 0.420 e. The highest BCUT2D eigenvalue weighted by Crippen LogP contribution is 2.20. The van der Waals surface area contributed by atoms with Gasteiger partial charge in [-0.1, -0.05) is 6.07 Å². The lowest BCUT2D eigenvalue weighted by molar-refractivity contribution is -0.384. The maximum atomic E-state index is 12.3. The highest BCUT2D eigenvalue weighted by Gasteiger charge is 2.18. The first-order valence-electron chi connectivity index (χ1n) is 7.00. The third-order valence-corrected chi connectivity index (χ3v) is 4.42. The van der Waals surface area contributed by atoms with Gasteiger partial charge >= 0.3 is 5.76 Å². The van der Waals surface area contributed by atoms with E-state index in [0.717, 1.165) is 4.88 Å². The van der Waals surface area contributed by atoms with E-state index in [2.05, 4.69) is 0 Å². The van der Waals surface area contributed by atoms with Crippen molar-refractivity contribution in [3.8, 4) is 0 Å². The summed E-state index contributed by atoms with van der Waals surface area (Å²) in [4.78, 5) is 37.0. The number of benzene rings is 1. The number of nitrogens with zero attached hydrogens (tertiary/aromatic N) is 3. The van der Waals surface area contributed by atoms with E-state index >= 15 is 0 Å². The average Bonchev–Trinajstić information content (AvgIpc) is 3.15. The van der Waals surface area contributed by atoms with Crippen molar-refractivity contribution in [1.29, 1.82) is 0 Å². The van der Waals surface area contributed by atoms with Gasteiger partial charge in [-0.15, -0.1) is 11.3 Å². The van der Waals surface area contributed by atoms with Crippen LogP contribution in [0.3, 0.4) is 0 Å². The minimum Gasteiger partial charge on any atom is -0.407 e. The van der Waals surface area contributed by atoms with Crippen LogP contribution in [0, 0.1) is 10.1 Å². The molecule has 0 atom stereocenters. The van der Waals surface area contributed by atoms with Crippen molar-refractivity contribution in [3.05, 3.63) is 61.3 Å². The van der Waals surface area contributed by atoms with Crippen LogP contribution in [0.25, 0.3) is 11.1 Å². The molecule has 9 heteroatoms. The van der Waals surface area contributed by atoms with Gasteiger partial charge in [-0.2, -0.15) is 0 Å². The second kappa shape index (κ2) is 6.28. The normalized spacial score (nSPS) is 10.9. The molecule has 0 unspecified atom stereocenters. The van der Waals surface area contributed by atoms with E-state index in [9.17, 15) is 19.7 Å². The first-order chi connectivity index (χ1) is 11.5. The van der Waals surface area contributed by atoms with E-state index in [1.807, 2.05) is 17.5 Å². The van der Waals surface area contributed by atoms with Gasteiger partial charge < -0.3 is 9.32 Å². The van der Waals surface area contributed by atoms with Gasteiger partial charge in [0.2, 0.25) is 5.91 Å². The van der Waals surface area contributed by atoms with E-state index in [1.54, 1.807) is 18.4 Å². The Balaban J connectivity index is 1.84. The number of hydrogen-bond donors (Lipinski definition) is 0. The smallest absolute Gasteiger partial charge is 0.407 e. The molecule has 3 rings (SSSR count). The number of carbonyl (C=O) groups excluding carboxylic acids is 1. The van der Waals surface area contributed by atoms with E-state index in [4.69, 9.17) is 4.42 Å². The molecule has 124 valence electrons. The standard InChI is InChI=1S/C15H13N3O5S/c1-16(8-11-3-2-6-24-11)14(19)9-17-12-5-4-10(18(21)22)7-13(12)23-15(17)20/h2-7H,8-9H2,1H3. The average molecular weight is 347 g/mol. The zero-order valence-electron chi connectivity index (χ0n) is 12.7. The molecule has 8 nitrogen and oxygen atoms in total. The van der Waals surface area contributed by atoms with Crippen molar-refractivity contribution in [2.24, 2.45) is 0 Å². The Labute approximate surface area is 139 Å². The molecule has 1 aromatic carbocycles. The van der Waals surface area contributed by atoms with Crippen LogP contribution in [0.1, 0.15) is 4.88 Å². The van der Waals surface area contributed by atoms with Crippen LogP contribution >= 0.6 is 11.3 Å². The molecular formula is C15H13N3O5S. The summed E-state index contributed by atoms with van der Waals surface area (Å²) in [6.07, 6.45) is 0. The number of thiophene rings is 1. The molecule has 0 aliphatic carbocycles. The molecule has 2 aromatic heterocycles. The number of hydrogen-bond acceptors (Lipinski definition) is 6. The molecule has 1 amide bonds. The lowest BCUT2D eigenvalue weighted by Crippen LogP contribution is -2.32. The van der Waals surface area contributed by atoms with Crippen molar-refractivity contribution >= 4 is 34.0 Å². The fourth-order valence-electron chi connectivity index (χ4n) is 2.30. The van der Waals surface area contributed by atoms with Gasteiger partial charge in [-0.3, -0.25) is 19.5 Å². The number of non-ortho nitro benzene ring substituents is 1. The molecule has 2 heterocycles. The van der Waals surface area contributed by atoms with Gasteiger partial charge in [0.1, 0.15) is 6.54 Å². The third kappa shape index (κ3) is 3.06. The number of fused-ring (bicyclic) bond motifs is 1. The number of carbonyl (C=O) groups is 1. The van der Waals surface area contributed by atoms with Crippen LogP contribution in [0.5, 0.6) is 0 Å². The fourth-order valence-corrected chi connectivity index (χ4v) is 3.06. The summed E-state index contributed by atoms with van der Waals surface area (Å²) in [5.74, 6) is -0.977. The molecule has 0 saturated carbocycles. The minimum absolute atomic E-state index is 0.0860. The Kier molecular flexibility index (Phi) is 4.17. The zero-order chi connectivity index (χ0) is 17.3. The highest BCUT2D eigenvalue weighted by molar-refractivity contribution is 7.09. The molecule has 0 saturated heterocycles. The first kappa shape index (κ1) is 15.9. The molecule has 0 spiro atoms. The van der Waals surface area contributed by atoms with E-state index < -0.39 is 10.7 Å². The van der Waals surface area contributed by atoms with Crippen molar-refractivity contribution < 1.29 is 14.1 Å². The number of likely N-dealkylation sites (N-methyl/N-ethyl adjacent to an activating group) is 1. The minimum atomic E-state index is -0.719. The van der Waals surface area contributed by atoms with E-state index in [1.165, 1.54) is 27.7 Å². The summed E-state index contributed by atoms with van der Waals surface area (Å²) >= 11 is 1.54. The second-order valence-electron chi connectivity index (χ2n) is 5.19. The SMILES string of the molecule is CN(Cc1cccs1)C(=O)Cn1c(=O)oc2cc([N+](=O)[O-])ccc21. The first-order valence-corrected chi connectivity index (χ1v) is 7.88. The summed E-state index contributed by atoms with van der Waals surface area (Å²) in [5.41, 5.74) is 0.260. The summed E-state index contributed by atoms with van der Waals surface area (Å²) in [6.45, 7) is 0.262. The zero-order valence-corrected chi connectivity index (χ0v) is 13.5. The predicted octanol–water partition coefficient (Wildman–Crippen LogP) is 2.22. The second-order valence-corrected chi connectivity index (χ2v) is 6.22. The van der Waals surface area contributed by atoms with Gasteiger partial charge in [-0.05, 0) is 17.5 Å². The van der Waals surface area contributed by atoms with Gasteiger partial charge in [-0.25, -0.2) is 4.79 Å². The molecule has 0 aliphatic rings. The van der Waals surface area contributed by atoms with Crippen molar-refractivity contribution in [1.82, 2.24) is 9.47 Å². The molecule has 0 bridgehead atoms. The number of nitro benzene ring substituents is 1. The summed E-state index contributed by atoms with van der Waals surface area (Å²) < 4.78 is 6.18. The van der Waals surface area contributed by atoms with Gasteiger partial charge in [0.15, 0.2) is 5.58 Å². The van der Waals surface area contributed by atoms with Crippen LogP contribution in [0.2, 0.25) is 0 Å². The van der Waals surface area contributed by atoms with Crippen LogP contribution in [0.4, 0.5) is 5.69 Å². The number of oxazole rings is 1. The predicted molar refractivity (Wildman–Crippen MR) is 87.9 cm³/mol. The number of aromatic nitrogens is 1. The quantitative estimate of drug-likeness (QED) is 0.520. The molecule has 0 fully saturated rings. The maximum absolute atomic E-state index is 12.3. The monoisotopic (exact) mass is 347 g/mol. The van der Waals surface area contributed by atoms with Crippen molar-refractivity contribution in [2.75, 3.05) is 7.05 Å². The lowest BCUT2D eigenvalue weighted by Gasteiger charge is -2.16. The third-order valence-electron chi connectivity index (χ3n) is 3.55. The molecule has 24 heavy (non-hydrogen) atoms. The summed E-state index contributed by atoms with van der Waals surface area (Å²) in [6, 6.07) is 7.68. The Bertz CT molecular complexity index is 957. The fraction of sp³-hybridized carbons (Fsp3) is 0.200. The van der Waals surface area contributed by atoms with Crippen LogP contribution < -0.4 is 5.76 Å². The molecular weight excluding hydrogens is 334 g/mol. The van der Waals surface area contributed by atoms with Gasteiger partial charge in [0.25, 0.3) is 5.69 Å². The molecule has 0 radical (unpaired) electrons. The highest BCUT2D eigenvalue weighted by atomic mass is 32.1. The Morgan fingerprint density at radius 2 is 2.21 bits per heavy atom. The van der Waals surface area contributed by atoms with Gasteiger partial charge in [0, 0.05) is 18.0 Å². The Hall–Kier alpha value is -2.94. The molecule has 3 aromatic rings. The lowest BCUT2D eigenvalue weighted by atomic mass is 10.3. The van der Waals surface area contributed by atoms with Crippen LogP contribution in [-0.4, -0.2) is 27.3 Å². The van der Waals surface area contributed by atoms with E-state index in [0.29, 0.717) is 12.1 Å². The van der Waals surface area contributed by atoms with Crippen molar-refractivity contribution in [3.63, 3.8) is 0 Å². The van der Waals surface area contributed by atoms with Crippen molar-refractivity contribution in [2.45, 2.75) is 13.1 Å². The van der Waals surface area contributed by atoms with Crippen LogP contribution in [0.15, 0.2) is 44.9 Å². The molecule has 0 N–H and O–H groups in total. The number of nitro groups is 1. The van der Waals surface area contributed by atoms with Crippen LogP contribution in [-0.2, 0) is 17.9 Å². The Morgan fingerprint density at radius 1 is 1.42 bits per heavy atom. The Morgan fingerprint density at radius 3 is 2.88 bits per heavy atom. The number of amides is 1. The molecule has 0 aliphatic heterocycles. The van der Waals surface area contributed by atoms with E-state index in [-0.39, 0.29) is 23.7 Å².